The van der Waals surface area contributed by atoms with E-state index in [2.05, 4.69) is 28.9 Å². The van der Waals surface area contributed by atoms with Crippen LogP contribution in [-0.4, -0.2) is 44.7 Å². The van der Waals surface area contributed by atoms with Crippen LogP contribution < -0.4 is 4.90 Å². The lowest BCUT2D eigenvalue weighted by molar-refractivity contribution is -0.133. The first kappa shape index (κ1) is 15.2. The third-order valence-corrected chi connectivity index (χ3v) is 5.25. The first-order valence-electron chi connectivity index (χ1n) is 6.94. The van der Waals surface area contributed by atoms with E-state index in [9.17, 15) is 4.79 Å². The second-order valence-electron chi connectivity index (χ2n) is 5.68. The van der Waals surface area contributed by atoms with Crippen molar-refractivity contribution in [2.45, 2.75) is 38.3 Å². The number of aliphatic carboxylic acids is 1. The number of hydrogen-bond donors (Lipinski definition) is 1. The van der Waals surface area contributed by atoms with Gasteiger partial charge in [-0.15, -0.1) is 10.2 Å². The third kappa shape index (κ3) is 3.26. The maximum Gasteiger partial charge on any atom is 0.313 e. The number of piperidine rings is 1. The number of carbonyl (C=O) groups is 1. The zero-order valence-electron chi connectivity index (χ0n) is 12.3. The van der Waals surface area contributed by atoms with Crippen LogP contribution in [-0.2, 0) is 11.8 Å². The molecule has 1 aromatic heterocycles. The number of carboxylic acids is 1. The highest BCUT2D eigenvalue weighted by atomic mass is 32.2. The highest BCUT2D eigenvalue weighted by molar-refractivity contribution is 7.99. The molecule has 0 saturated carbocycles. The Bertz CT molecular complexity index is 481. The molecule has 0 spiro atoms. The lowest BCUT2D eigenvalue weighted by atomic mass is 9.78. The van der Waals surface area contributed by atoms with Crippen LogP contribution in [0, 0.1) is 5.41 Å². The van der Waals surface area contributed by atoms with Gasteiger partial charge in [0.05, 0.1) is 5.75 Å². The zero-order chi connectivity index (χ0) is 14.8. The molecule has 7 heteroatoms. The summed E-state index contributed by atoms with van der Waals surface area (Å²) in [6, 6.07) is 0. The number of nitrogens with zero attached hydrogens (tertiary/aromatic N) is 4. The van der Waals surface area contributed by atoms with Gasteiger partial charge < -0.3 is 10.0 Å². The average Bonchev–Trinajstić information content (AvgIpc) is 2.79. The van der Waals surface area contributed by atoms with Gasteiger partial charge in [0.2, 0.25) is 5.95 Å². The summed E-state index contributed by atoms with van der Waals surface area (Å²) in [6.45, 7) is 6.56. The van der Waals surface area contributed by atoms with Crippen LogP contribution >= 0.6 is 11.8 Å². The fourth-order valence-corrected chi connectivity index (χ4v) is 3.06. The Morgan fingerprint density at radius 2 is 2.05 bits per heavy atom. The van der Waals surface area contributed by atoms with Crippen molar-refractivity contribution >= 4 is 23.7 Å². The molecule has 2 rings (SSSR count). The Kier molecular flexibility index (Phi) is 4.57. The molecule has 0 aromatic carbocycles. The summed E-state index contributed by atoms with van der Waals surface area (Å²) in [7, 11) is 1.90. The number of anilines is 1. The molecule has 0 aliphatic carbocycles. The Balaban J connectivity index is 2.02. The maximum atomic E-state index is 10.6. The summed E-state index contributed by atoms with van der Waals surface area (Å²) in [4.78, 5) is 12.9. The van der Waals surface area contributed by atoms with Crippen molar-refractivity contribution in [2.24, 2.45) is 12.5 Å². The summed E-state index contributed by atoms with van der Waals surface area (Å²) in [5.41, 5.74) is 0.440. The van der Waals surface area contributed by atoms with Crippen LogP contribution in [0.25, 0.3) is 0 Å². The zero-order valence-corrected chi connectivity index (χ0v) is 13.1. The van der Waals surface area contributed by atoms with Gasteiger partial charge in [-0.3, -0.25) is 9.36 Å². The molecule has 20 heavy (non-hydrogen) atoms. The Morgan fingerprint density at radius 1 is 1.40 bits per heavy atom. The van der Waals surface area contributed by atoms with E-state index in [1.807, 2.05) is 11.6 Å². The largest absolute Gasteiger partial charge is 0.481 e. The highest BCUT2D eigenvalue weighted by Crippen LogP contribution is 2.35. The summed E-state index contributed by atoms with van der Waals surface area (Å²) in [5.74, 6) is 0.0205. The van der Waals surface area contributed by atoms with Gasteiger partial charge in [-0.25, -0.2) is 0 Å². The van der Waals surface area contributed by atoms with Crippen LogP contribution in [0.1, 0.15) is 33.1 Å². The van der Waals surface area contributed by atoms with Gasteiger partial charge in [0.1, 0.15) is 0 Å². The molecule has 6 nitrogen and oxygen atoms in total. The van der Waals surface area contributed by atoms with Crippen LogP contribution in [0.4, 0.5) is 5.95 Å². The summed E-state index contributed by atoms with van der Waals surface area (Å²) in [5, 5.41) is 17.7. The number of aromatic nitrogens is 3. The summed E-state index contributed by atoms with van der Waals surface area (Å²) >= 11 is 1.21. The van der Waals surface area contributed by atoms with Crippen molar-refractivity contribution in [3.8, 4) is 0 Å². The monoisotopic (exact) mass is 298 g/mol. The fraction of sp³-hybridized carbons (Fsp3) is 0.769. The SMILES string of the molecule is CCC1(C)CCN(c2nnc(SCC(=O)O)n2C)CC1. The maximum absolute atomic E-state index is 10.6. The van der Waals surface area contributed by atoms with E-state index in [1.165, 1.54) is 18.2 Å². The van der Waals surface area contributed by atoms with Crippen LogP contribution in [0.3, 0.4) is 0 Å². The first-order valence-corrected chi connectivity index (χ1v) is 7.93. The van der Waals surface area contributed by atoms with Crippen LogP contribution in [0.5, 0.6) is 0 Å². The molecule has 1 fully saturated rings. The Morgan fingerprint density at radius 3 is 2.60 bits per heavy atom. The second-order valence-corrected chi connectivity index (χ2v) is 6.62. The van der Waals surface area contributed by atoms with Gasteiger partial charge in [0, 0.05) is 20.1 Å². The summed E-state index contributed by atoms with van der Waals surface area (Å²) < 4.78 is 1.89. The van der Waals surface area contributed by atoms with Crippen LogP contribution in [0.2, 0.25) is 0 Å². The van der Waals surface area contributed by atoms with Gasteiger partial charge >= 0.3 is 5.97 Å². The Hall–Kier alpha value is -1.24. The van der Waals surface area contributed by atoms with Crippen molar-refractivity contribution in [1.82, 2.24) is 14.8 Å². The normalized spacial score (nSPS) is 18.2. The van der Waals surface area contributed by atoms with Crippen molar-refractivity contribution in [1.29, 1.82) is 0 Å². The lowest BCUT2D eigenvalue weighted by Gasteiger charge is -2.39. The molecular formula is C13H22N4O2S. The molecule has 1 aromatic rings. The van der Waals surface area contributed by atoms with Gasteiger partial charge in [-0.2, -0.15) is 0 Å². The average molecular weight is 298 g/mol. The van der Waals surface area contributed by atoms with Crippen molar-refractivity contribution in [3.05, 3.63) is 0 Å². The fourth-order valence-electron chi connectivity index (χ4n) is 2.43. The molecule has 0 unspecified atom stereocenters. The van der Waals surface area contributed by atoms with Gasteiger partial charge in [-0.1, -0.05) is 32.0 Å². The molecule has 0 bridgehead atoms. The van der Waals surface area contributed by atoms with Gasteiger partial charge in [0.25, 0.3) is 0 Å². The first-order chi connectivity index (χ1) is 9.45. The molecule has 1 aliphatic heterocycles. The molecule has 1 aliphatic rings. The minimum Gasteiger partial charge on any atom is -0.481 e. The van der Waals surface area contributed by atoms with E-state index in [0.29, 0.717) is 10.6 Å². The Labute approximate surface area is 123 Å². The van der Waals surface area contributed by atoms with Gasteiger partial charge in [0.15, 0.2) is 5.16 Å². The second kappa shape index (κ2) is 6.03. The quantitative estimate of drug-likeness (QED) is 0.838. The van der Waals surface area contributed by atoms with Crippen molar-refractivity contribution in [3.63, 3.8) is 0 Å². The molecule has 0 atom stereocenters. The van der Waals surface area contributed by atoms with Crippen LogP contribution in [0.15, 0.2) is 5.16 Å². The third-order valence-electron chi connectivity index (χ3n) is 4.24. The van der Waals surface area contributed by atoms with E-state index < -0.39 is 5.97 Å². The van der Waals surface area contributed by atoms with E-state index in [4.69, 9.17) is 5.11 Å². The molecule has 1 N–H and O–H groups in total. The van der Waals surface area contributed by atoms with Crippen molar-refractivity contribution < 1.29 is 9.90 Å². The van der Waals surface area contributed by atoms with Crippen molar-refractivity contribution in [2.75, 3.05) is 23.7 Å². The van der Waals surface area contributed by atoms with Gasteiger partial charge in [-0.05, 0) is 18.3 Å². The summed E-state index contributed by atoms with van der Waals surface area (Å²) in [6.07, 6.45) is 3.53. The highest BCUT2D eigenvalue weighted by Gasteiger charge is 2.30. The van der Waals surface area contributed by atoms with E-state index in [-0.39, 0.29) is 5.75 Å². The molecular weight excluding hydrogens is 276 g/mol. The number of thioether (sulfide) groups is 1. The minimum absolute atomic E-state index is 0.0138. The smallest absolute Gasteiger partial charge is 0.313 e. The van der Waals surface area contributed by atoms with E-state index >= 15 is 0 Å². The van der Waals surface area contributed by atoms with E-state index in [1.54, 1.807) is 0 Å². The molecule has 112 valence electrons. The number of carboxylic acid groups (broad SMARTS) is 1. The predicted octanol–water partition coefficient (Wildman–Crippen LogP) is 2.01. The predicted molar refractivity (Wildman–Crippen MR) is 79.2 cm³/mol. The number of hydrogen-bond acceptors (Lipinski definition) is 5. The minimum atomic E-state index is -0.837. The molecule has 1 saturated heterocycles. The molecule has 2 heterocycles. The number of rotatable bonds is 5. The standard InChI is InChI=1S/C13H22N4O2S/c1-4-13(2)5-7-17(8-6-13)11-14-15-12(16(11)3)20-9-10(18)19/h4-9H2,1-3H3,(H,18,19). The lowest BCUT2D eigenvalue weighted by Crippen LogP contribution is -2.39. The molecule has 0 amide bonds. The van der Waals surface area contributed by atoms with E-state index in [0.717, 1.165) is 31.9 Å². The topological polar surface area (TPSA) is 71.2 Å². The molecule has 0 radical (unpaired) electrons.